The molecule has 0 spiro atoms. The zero-order valence-corrected chi connectivity index (χ0v) is 11.1. The Morgan fingerprint density at radius 2 is 2.19 bits per heavy atom. The molecule has 0 N–H and O–H groups in total. The second-order valence-electron chi connectivity index (χ2n) is 3.15. The van der Waals surface area contributed by atoms with Crippen LogP contribution >= 0.6 is 34.2 Å². The van der Waals surface area contributed by atoms with Crippen LogP contribution in [0.3, 0.4) is 0 Å². The van der Waals surface area contributed by atoms with E-state index in [2.05, 4.69) is 9.97 Å². The lowest BCUT2D eigenvalue weighted by molar-refractivity contribution is 0.556. The zero-order chi connectivity index (χ0) is 11.5. The third-order valence-electron chi connectivity index (χ3n) is 2.10. The van der Waals surface area contributed by atoms with E-state index in [0.717, 1.165) is 0 Å². The summed E-state index contributed by atoms with van der Waals surface area (Å²) in [7, 11) is 0. The van der Waals surface area contributed by atoms with E-state index in [-0.39, 0.29) is 10.7 Å². The molecule has 84 valence electrons. The molecule has 7 heteroatoms. The van der Waals surface area contributed by atoms with E-state index in [1.165, 1.54) is 10.9 Å². The summed E-state index contributed by atoms with van der Waals surface area (Å²) in [5.74, 6) is 0. The maximum Gasteiger partial charge on any atom is 0.268 e. The van der Waals surface area contributed by atoms with Crippen molar-refractivity contribution in [1.29, 1.82) is 0 Å². The maximum absolute atomic E-state index is 11.8. The van der Waals surface area contributed by atoms with Crippen molar-refractivity contribution >= 4 is 34.2 Å². The van der Waals surface area contributed by atoms with Gasteiger partial charge in [0.25, 0.3) is 5.56 Å². The van der Waals surface area contributed by atoms with Crippen LogP contribution in [-0.2, 0) is 13.1 Å². The number of aryl methyl sites for hydroxylation is 2. The van der Waals surface area contributed by atoms with Crippen LogP contribution in [0.1, 0.15) is 0 Å². The Bertz CT molecular complexity index is 537. The van der Waals surface area contributed by atoms with Crippen LogP contribution in [0.5, 0.6) is 0 Å². The van der Waals surface area contributed by atoms with Gasteiger partial charge in [0.2, 0.25) is 0 Å². The summed E-state index contributed by atoms with van der Waals surface area (Å²) in [6.07, 6.45) is 6.72. The summed E-state index contributed by atoms with van der Waals surface area (Å²) in [5.41, 5.74) is -0.110. The Morgan fingerprint density at radius 3 is 2.88 bits per heavy atom. The highest BCUT2D eigenvalue weighted by Gasteiger charge is 2.06. The lowest BCUT2D eigenvalue weighted by Gasteiger charge is -2.06. The molecule has 0 amide bonds. The molecule has 0 saturated carbocycles. The topological polar surface area (TPSA) is 52.7 Å². The van der Waals surface area contributed by atoms with Gasteiger partial charge >= 0.3 is 0 Å². The van der Waals surface area contributed by atoms with E-state index in [1.54, 1.807) is 12.5 Å². The molecule has 0 saturated heterocycles. The highest BCUT2D eigenvalue weighted by Crippen LogP contribution is 2.09. The molecule has 0 radical (unpaired) electrons. The normalized spacial score (nSPS) is 10.6. The smallest absolute Gasteiger partial charge is 0.268 e. The summed E-state index contributed by atoms with van der Waals surface area (Å²) >= 11 is 7.64. The molecule has 2 rings (SSSR count). The van der Waals surface area contributed by atoms with Gasteiger partial charge in [-0.15, -0.1) is 0 Å². The number of nitrogens with zero attached hydrogens (tertiary/aromatic N) is 4. The highest BCUT2D eigenvalue weighted by atomic mass is 127. The number of aromatic nitrogens is 4. The van der Waals surface area contributed by atoms with Crippen molar-refractivity contribution in [2.24, 2.45) is 0 Å². The van der Waals surface area contributed by atoms with Gasteiger partial charge in [-0.05, 0) is 22.6 Å². The molecule has 0 aliphatic carbocycles. The standard InChI is InChI=1S/C9H8ClIN4O/c10-8-7(11)9(16)15(6-13-8)4-3-14-2-1-12-5-14/h1-2,5-6H,3-4H2. The van der Waals surface area contributed by atoms with Crippen LogP contribution in [0.2, 0.25) is 5.15 Å². The fraction of sp³-hybridized carbons (Fsp3) is 0.222. The first-order valence-corrected chi connectivity index (χ1v) is 6.00. The average Bonchev–Trinajstić information content (AvgIpc) is 2.78. The average molecular weight is 351 g/mol. The van der Waals surface area contributed by atoms with Crippen LogP contribution in [0.15, 0.2) is 29.8 Å². The highest BCUT2D eigenvalue weighted by molar-refractivity contribution is 14.1. The fourth-order valence-electron chi connectivity index (χ4n) is 1.25. The summed E-state index contributed by atoms with van der Waals surface area (Å²) < 4.78 is 3.88. The Morgan fingerprint density at radius 1 is 1.38 bits per heavy atom. The molecule has 2 aromatic rings. The van der Waals surface area contributed by atoms with Crippen molar-refractivity contribution in [3.05, 3.63) is 44.1 Å². The first kappa shape index (κ1) is 11.6. The van der Waals surface area contributed by atoms with Crippen LogP contribution in [0.4, 0.5) is 0 Å². The van der Waals surface area contributed by atoms with E-state index in [9.17, 15) is 4.79 Å². The first-order valence-electron chi connectivity index (χ1n) is 4.54. The summed E-state index contributed by atoms with van der Waals surface area (Å²) in [6.45, 7) is 1.23. The summed E-state index contributed by atoms with van der Waals surface area (Å²) in [6, 6.07) is 0. The molecule has 0 unspecified atom stereocenters. The van der Waals surface area contributed by atoms with Crippen molar-refractivity contribution in [2.45, 2.75) is 13.1 Å². The van der Waals surface area contributed by atoms with Gasteiger partial charge in [-0.1, -0.05) is 11.6 Å². The van der Waals surface area contributed by atoms with Gasteiger partial charge in [-0.25, -0.2) is 9.97 Å². The van der Waals surface area contributed by atoms with E-state index >= 15 is 0 Å². The second-order valence-corrected chi connectivity index (χ2v) is 4.59. The lowest BCUT2D eigenvalue weighted by atomic mass is 10.5. The van der Waals surface area contributed by atoms with E-state index in [0.29, 0.717) is 16.7 Å². The lowest BCUT2D eigenvalue weighted by Crippen LogP contribution is -2.24. The molecule has 5 nitrogen and oxygen atoms in total. The maximum atomic E-state index is 11.8. The molecule has 0 aliphatic rings. The Balaban J connectivity index is 2.17. The Kier molecular flexibility index (Phi) is 3.59. The molecule has 0 fully saturated rings. The molecule has 2 heterocycles. The van der Waals surface area contributed by atoms with Gasteiger partial charge in [0, 0.05) is 25.5 Å². The van der Waals surface area contributed by atoms with Crippen molar-refractivity contribution in [3.63, 3.8) is 0 Å². The van der Waals surface area contributed by atoms with Crippen LogP contribution < -0.4 is 5.56 Å². The van der Waals surface area contributed by atoms with E-state index < -0.39 is 0 Å². The van der Waals surface area contributed by atoms with Gasteiger partial charge in [0.1, 0.15) is 8.72 Å². The van der Waals surface area contributed by atoms with Gasteiger partial charge in [0.15, 0.2) is 0 Å². The second kappa shape index (κ2) is 4.96. The minimum atomic E-state index is -0.110. The predicted octanol–water partition coefficient (Wildman–Crippen LogP) is 1.40. The molecule has 16 heavy (non-hydrogen) atoms. The summed E-state index contributed by atoms with van der Waals surface area (Å²) in [5, 5.41) is 0.254. The van der Waals surface area contributed by atoms with Crippen LogP contribution in [0, 0.1) is 3.57 Å². The fourth-order valence-corrected chi connectivity index (χ4v) is 1.82. The monoisotopic (exact) mass is 350 g/mol. The van der Waals surface area contributed by atoms with E-state index in [4.69, 9.17) is 11.6 Å². The van der Waals surface area contributed by atoms with Crippen molar-refractivity contribution in [1.82, 2.24) is 19.1 Å². The molecule has 0 aliphatic heterocycles. The summed E-state index contributed by atoms with van der Waals surface area (Å²) in [4.78, 5) is 19.6. The molecular formula is C9H8ClIN4O. The third kappa shape index (κ3) is 2.43. The number of hydrogen-bond acceptors (Lipinski definition) is 3. The number of halogens is 2. The molecular weight excluding hydrogens is 342 g/mol. The Labute approximate surface area is 110 Å². The van der Waals surface area contributed by atoms with Gasteiger partial charge in [-0.2, -0.15) is 0 Å². The van der Waals surface area contributed by atoms with E-state index in [1.807, 2.05) is 33.4 Å². The van der Waals surface area contributed by atoms with Gasteiger partial charge < -0.3 is 4.57 Å². The van der Waals surface area contributed by atoms with Crippen molar-refractivity contribution in [3.8, 4) is 0 Å². The number of hydrogen-bond donors (Lipinski definition) is 0. The quantitative estimate of drug-likeness (QED) is 0.621. The third-order valence-corrected chi connectivity index (χ3v) is 3.68. The molecule has 0 bridgehead atoms. The number of rotatable bonds is 3. The SMILES string of the molecule is O=c1c(I)c(Cl)ncn1CCn1ccnc1. The minimum absolute atomic E-state index is 0.110. The molecule has 0 atom stereocenters. The predicted molar refractivity (Wildman–Crippen MR) is 68.5 cm³/mol. The minimum Gasteiger partial charge on any atom is -0.336 e. The Hall–Kier alpha value is -0.890. The molecule has 2 aromatic heterocycles. The first-order chi connectivity index (χ1) is 7.68. The molecule has 0 aromatic carbocycles. The largest absolute Gasteiger partial charge is 0.336 e. The van der Waals surface area contributed by atoms with Crippen LogP contribution in [0.25, 0.3) is 0 Å². The van der Waals surface area contributed by atoms with Gasteiger partial charge in [-0.3, -0.25) is 9.36 Å². The van der Waals surface area contributed by atoms with Gasteiger partial charge in [0.05, 0.1) is 12.7 Å². The number of imidazole rings is 1. The van der Waals surface area contributed by atoms with Crippen LogP contribution in [-0.4, -0.2) is 19.1 Å². The zero-order valence-electron chi connectivity index (χ0n) is 8.18. The van der Waals surface area contributed by atoms with Crippen molar-refractivity contribution in [2.75, 3.05) is 0 Å². The van der Waals surface area contributed by atoms with Crippen molar-refractivity contribution < 1.29 is 0 Å².